The number of fused-ring (bicyclic) bond motifs is 1. The molecule has 0 bridgehead atoms. The number of benzene rings is 4. The smallest absolute Gasteiger partial charge is 0.343 e. The molecule has 0 saturated heterocycles. The van der Waals surface area contributed by atoms with Crippen molar-refractivity contribution >= 4 is 28.9 Å². The van der Waals surface area contributed by atoms with Gasteiger partial charge in [0, 0.05) is 0 Å². The van der Waals surface area contributed by atoms with Gasteiger partial charge in [-0.1, -0.05) is 24.3 Å². The van der Waals surface area contributed by atoms with Crippen LogP contribution < -0.4 is 19.6 Å². The van der Waals surface area contributed by atoms with Gasteiger partial charge in [-0.25, -0.2) is 10.2 Å². The second kappa shape index (κ2) is 11.1. The van der Waals surface area contributed by atoms with Crippen molar-refractivity contribution in [2.24, 2.45) is 5.10 Å². The molecule has 4 aromatic rings. The number of carbonyl (C=O) groups is 2. The number of nitrogens with one attached hydrogen (secondary N) is 1. The molecule has 0 atom stereocenters. The Labute approximate surface area is 207 Å². The number of amides is 1. The topological polar surface area (TPSA) is 106 Å². The number of phenols is 1. The molecule has 182 valence electrons. The van der Waals surface area contributed by atoms with Gasteiger partial charge in [-0.2, -0.15) is 5.10 Å². The number of hydrazone groups is 1. The number of ether oxygens (including phenoxy) is 3. The predicted octanol–water partition coefficient (Wildman–Crippen LogP) is 4.94. The van der Waals surface area contributed by atoms with Crippen molar-refractivity contribution in [2.45, 2.75) is 6.92 Å². The van der Waals surface area contributed by atoms with E-state index in [2.05, 4.69) is 10.5 Å². The first-order chi connectivity index (χ1) is 17.5. The Morgan fingerprint density at radius 2 is 1.67 bits per heavy atom. The van der Waals surface area contributed by atoms with Crippen molar-refractivity contribution in [1.29, 1.82) is 0 Å². The summed E-state index contributed by atoms with van der Waals surface area (Å²) in [7, 11) is 1.45. The van der Waals surface area contributed by atoms with Crippen LogP contribution in [0.3, 0.4) is 0 Å². The lowest BCUT2D eigenvalue weighted by Crippen LogP contribution is -2.17. The predicted molar refractivity (Wildman–Crippen MR) is 136 cm³/mol. The fourth-order valence-corrected chi connectivity index (χ4v) is 3.50. The minimum absolute atomic E-state index is 0.111. The average molecular weight is 485 g/mol. The van der Waals surface area contributed by atoms with Gasteiger partial charge >= 0.3 is 5.97 Å². The minimum Gasteiger partial charge on any atom is -0.507 e. The number of esters is 1. The van der Waals surface area contributed by atoms with Gasteiger partial charge in [-0.3, -0.25) is 4.79 Å². The number of carbonyl (C=O) groups excluding carboxylic acids is 2. The average Bonchev–Trinajstić information content (AvgIpc) is 2.89. The van der Waals surface area contributed by atoms with Gasteiger partial charge in [0.2, 0.25) is 0 Å². The Morgan fingerprint density at radius 1 is 0.944 bits per heavy atom. The Kier molecular flexibility index (Phi) is 7.45. The number of aromatic hydroxyl groups is 1. The maximum absolute atomic E-state index is 12.5. The summed E-state index contributed by atoms with van der Waals surface area (Å²) < 4.78 is 16.2. The standard InChI is InChI=1S/C28H24N2O6/c1-3-35-22-11-9-19(10-12-22)28(33)36-25-13-8-18(14-26(25)34-2)17-29-30-27(32)23-15-20-6-4-5-7-21(20)16-24(23)31/h4-17,31H,3H2,1-2H3,(H,30,32)/b29-17-. The molecule has 0 fully saturated rings. The third-order valence-corrected chi connectivity index (χ3v) is 5.28. The molecule has 2 N–H and O–H groups in total. The van der Waals surface area contributed by atoms with E-state index in [4.69, 9.17) is 14.2 Å². The van der Waals surface area contributed by atoms with E-state index in [1.54, 1.807) is 48.5 Å². The molecule has 36 heavy (non-hydrogen) atoms. The Hall–Kier alpha value is -4.85. The fraction of sp³-hybridized carbons (Fsp3) is 0.107. The molecular weight excluding hydrogens is 460 g/mol. The van der Waals surface area contributed by atoms with Gasteiger partial charge < -0.3 is 19.3 Å². The number of nitrogens with zero attached hydrogens (tertiary/aromatic N) is 1. The van der Waals surface area contributed by atoms with E-state index in [0.29, 0.717) is 29.2 Å². The molecule has 0 saturated carbocycles. The first kappa shape index (κ1) is 24.3. The van der Waals surface area contributed by atoms with E-state index < -0.39 is 11.9 Å². The highest BCUT2D eigenvalue weighted by Crippen LogP contribution is 2.29. The Morgan fingerprint density at radius 3 is 2.36 bits per heavy atom. The third-order valence-electron chi connectivity index (χ3n) is 5.28. The highest BCUT2D eigenvalue weighted by atomic mass is 16.6. The molecule has 8 nitrogen and oxygen atoms in total. The highest BCUT2D eigenvalue weighted by Gasteiger charge is 2.14. The molecule has 0 aliphatic rings. The largest absolute Gasteiger partial charge is 0.507 e. The molecule has 0 aliphatic carbocycles. The van der Waals surface area contributed by atoms with Crippen LogP contribution in [0.5, 0.6) is 23.0 Å². The summed E-state index contributed by atoms with van der Waals surface area (Å²) in [6.07, 6.45) is 1.41. The maximum Gasteiger partial charge on any atom is 0.343 e. The molecule has 8 heteroatoms. The van der Waals surface area contributed by atoms with E-state index in [0.717, 1.165) is 10.8 Å². The number of rotatable bonds is 8. The Balaban J connectivity index is 1.42. The zero-order valence-corrected chi connectivity index (χ0v) is 19.7. The number of phenolic OH excluding ortho intramolecular Hbond substituents is 1. The zero-order valence-electron chi connectivity index (χ0n) is 19.7. The molecular formula is C28H24N2O6. The first-order valence-electron chi connectivity index (χ1n) is 11.2. The Bertz CT molecular complexity index is 1430. The van der Waals surface area contributed by atoms with Crippen LogP contribution in [0.1, 0.15) is 33.2 Å². The first-order valence-corrected chi connectivity index (χ1v) is 11.2. The summed E-state index contributed by atoms with van der Waals surface area (Å²) in [6.45, 7) is 2.42. The maximum atomic E-state index is 12.5. The second-order valence-corrected chi connectivity index (χ2v) is 7.67. The van der Waals surface area contributed by atoms with Crippen molar-refractivity contribution in [3.05, 3.63) is 95.6 Å². The number of hydrogen-bond acceptors (Lipinski definition) is 7. The molecule has 4 aromatic carbocycles. The summed E-state index contributed by atoms with van der Waals surface area (Å²) in [5.74, 6) is -0.0158. The normalized spacial score (nSPS) is 10.8. The highest BCUT2D eigenvalue weighted by molar-refractivity contribution is 6.01. The summed E-state index contributed by atoms with van der Waals surface area (Å²) in [6, 6.07) is 22.0. The van der Waals surface area contributed by atoms with Gasteiger partial charge in [0.05, 0.1) is 31.1 Å². The molecule has 0 aliphatic heterocycles. The molecule has 0 aromatic heterocycles. The van der Waals surface area contributed by atoms with Gasteiger partial charge in [0.25, 0.3) is 5.91 Å². The van der Waals surface area contributed by atoms with Crippen LogP contribution in [0, 0.1) is 0 Å². The van der Waals surface area contributed by atoms with E-state index >= 15 is 0 Å². The lowest BCUT2D eigenvalue weighted by atomic mass is 10.1. The van der Waals surface area contributed by atoms with Crippen LogP contribution in [0.2, 0.25) is 0 Å². The lowest BCUT2D eigenvalue weighted by Gasteiger charge is -2.10. The summed E-state index contributed by atoms with van der Waals surface area (Å²) in [5, 5.41) is 15.8. The van der Waals surface area contributed by atoms with E-state index in [1.165, 1.54) is 19.4 Å². The van der Waals surface area contributed by atoms with Crippen LogP contribution in [-0.2, 0) is 0 Å². The van der Waals surface area contributed by atoms with E-state index in [9.17, 15) is 14.7 Å². The van der Waals surface area contributed by atoms with Gasteiger partial charge in [0.1, 0.15) is 11.5 Å². The van der Waals surface area contributed by atoms with Crippen LogP contribution in [0.4, 0.5) is 0 Å². The molecule has 0 radical (unpaired) electrons. The van der Waals surface area contributed by atoms with Crippen molar-refractivity contribution in [1.82, 2.24) is 5.43 Å². The lowest BCUT2D eigenvalue weighted by molar-refractivity contribution is 0.0729. The molecule has 0 heterocycles. The van der Waals surface area contributed by atoms with Crippen molar-refractivity contribution in [2.75, 3.05) is 13.7 Å². The summed E-state index contributed by atoms with van der Waals surface area (Å²) >= 11 is 0. The fourth-order valence-electron chi connectivity index (χ4n) is 3.50. The SMILES string of the molecule is CCOc1ccc(C(=O)Oc2ccc(/C=N\NC(=O)c3cc4ccccc4cc3O)cc2OC)cc1. The summed E-state index contributed by atoms with van der Waals surface area (Å²) in [5.41, 5.74) is 3.48. The zero-order chi connectivity index (χ0) is 25.5. The van der Waals surface area contributed by atoms with Crippen LogP contribution in [0.15, 0.2) is 84.0 Å². The van der Waals surface area contributed by atoms with Gasteiger partial charge in [-0.15, -0.1) is 0 Å². The monoisotopic (exact) mass is 484 g/mol. The molecule has 1 amide bonds. The molecule has 0 unspecified atom stereocenters. The number of hydrogen-bond donors (Lipinski definition) is 2. The minimum atomic E-state index is -0.553. The van der Waals surface area contributed by atoms with Crippen LogP contribution >= 0.6 is 0 Å². The van der Waals surface area contributed by atoms with Crippen LogP contribution in [0.25, 0.3) is 10.8 Å². The van der Waals surface area contributed by atoms with E-state index in [-0.39, 0.29) is 17.1 Å². The van der Waals surface area contributed by atoms with Crippen molar-refractivity contribution in [3.8, 4) is 23.0 Å². The summed E-state index contributed by atoms with van der Waals surface area (Å²) in [4.78, 5) is 25.0. The molecule has 0 spiro atoms. The van der Waals surface area contributed by atoms with Gasteiger partial charge in [0.15, 0.2) is 11.5 Å². The number of methoxy groups -OCH3 is 1. The van der Waals surface area contributed by atoms with Crippen molar-refractivity contribution < 1.29 is 28.9 Å². The van der Waals surface area contributed by atoms with Crippen molar-refractivity contribution in [3.63, 3.8) is 0 Å². The van der Waals surface area contributed by atoms with Crippen LogP contribution in [-0.4, -0.2) is 36.9 Å². The second-order valence-electron chi connectivity index (χ2n) is 7.67. The quantitative estimate of drug-likeness (QED) is 0.159. The van der Waals surface area contributed by atoms with Gasteiger partial charge in [-0.05, 0) is 77.9 Å². The van der Waals surface area contributed by atoms with E-state index in [1.807, 2.05) is 31.2 Å². The third kappa shape index (κ3) is 5.61. The molecule has 4 rings (SSSR count).